The molecule has 0 aromatic carbocycles. The van der Waals surface area contributed by atoms with Crippen LogP contribution in [0.3, 0.4) is 0 Å². The Balaban J connectivity index is 2.69. The number of rotatable bonds is 6. The van der Waals surface area contributed by atoms with Crippen LogP contribution in [0.4, 0.5) is 0 Å². The summed E-state index contributed by atoms with van der Waals surface area (Å²) in [6, 6.07) is 5.15. The predicted molar refractivity (Wildman–Crippen MR) is 75.4 cm³/mol. The highest BCUT2D eigenvalue weighted by Crippen LogP contribution is 2.19. The fourth-order valence-electron chi connectivity index (χ4n) is 1.63. The quantitative estimate of drug-likeness (QED) is 0.615. The van der Waals surface area contributed by atoms with Gasteiger partial charge in [0.05, 0.1) is 11.9 Å². The van der Waals surface area contributed by atoms with E-state index in [1.807, 2.05) is 19.9 Å². The first-order valence-corrected chi connectivity index (χ1v) is 6.56. The van der Waals surface area contributed by atoms with Crippen LogP contribution in [0.5, 0.6) is 0 Å². The smallest absolute Gasteiger partial charge is 0.262 e. The van der Waals surface area contributed by atoms with E-state index in [2.05, 4.69) is 5.32 Å². The monoisotopic (exact) mass is 276 g/mol. The Morgan fingerprint density at radius 1 is 1.70 bits per heavy atom. The summed E-state index contributed by atoms with van der Waals surface area (Å²) in [6.07, 6.45) is 3.63. The number of carbonyl (C=O) groups excluding carboxylic acids is 1. The van der Waals surface area contributed by atoms with Gasteiger partial charge in [-0.2, -0.15) is 5.26 Å². The number of furan rings is 1. The molecule has 0 spiro atoms. The molecule has 1 heterocycles. The standard InChI is InChI=1S/C15H20N2O3/c1-4-11(2)15(3,19)10-17-14(18)12(9-16)8-13-6-5-7-20-13/h5-8,11,19H,4,10H2,1-3H3,(H,17,18)/b12-8-. The minimum atomic E-state index is -1.00. The van der Waals surface area contributed by atoms with Gasteiger partial charge in [0.2, 0.25) is 0 Å². The van der Waals surface area contributed by atoms with Crippen molar-refractivity contribution in [2.75, 3.05) is 6.54 Å². The lowest BCUT2D eigenvalue weighted by molar-refractivity contribution is -0.118. The topological polar surface area (TPSA) is 86.3 Å². The van der Waals surface area contributed by atoms with Crippen LogP contribution in [0.15, 0.2) is 28.4 Å². The number of carbonyl (C=O) groups is 1. The van der Waals surface area contributed by atoms with Crippen molar-refractivity contribution in [2.45, 2.75) is 32.8 Å². The Hall–Kier alpha value is -2.06. The van der Waals surface area contributed by atoms with Crippen LogP contribution >= 0.6 is 0 Å². The molecule has 5 nitrogen and oxygen atoms in total. The van der Waals surface area contributed by atoms with Crippen LogP contribution in [-0.4, -0.2) is 23.2 Å². The summed E-state index contributed by atoms with van der Waals surface area (Å²) in [7, 11) is 0. The van der Waals surface area contributed by atoms with E-state index in [0.717, 1.165) is 6.42 Å². The molecule has 108 valence electrons. The van der Waals surface area contributed by atoms with Gasteiger partial charge in [0.1, 0.15) is 17.4 Å². The van der Waals surface area contributed by atoms with Crippen LogP contribution in [0, 0.1) is 17.2 Å². The predicted octanol–water partition coefficient (Wildman–Crippen LogP) is 2.10. The molecule has 0 aliphatic heterocycles. The molecule has 2 N–H and O–H groups in total. The van der Waals surface area contributed by atoms with Crippen molar-refractivity contribution in [1.82, 2.24) is 5.32 Å². The van der Waals surface area contributed by atoms with E-state index < -0.39 is 11.5 Å². The minimum Gasteiger partial charge on any atom is -0.465 e. The van der Waals surface area contributed by atoms with E-state index in [1.54, 1.807) is 19.1 Å². The average Bonchev–Trinajstić information content (AvgIpc) is 2.94. The molecule has 0 aliphatic carbocycles. The molecule has 0 saturated carbocycles. The maximum atomic E-state index is 11.9. The second kappa shape index (κ2) is 6.92. The van der Waals surface area contributed by atoms with Gasteiger partial charge in [0, 0.05) is 12.6 Å². The van der Waals surface area contributed by atoms with Crippen molar-refractivity contribution in [1.29, 1.82) is 5.26 Å². The van der Waals surface area contributed by atoms with Gasteiger partial charge in [0.25, 0.3) is 5.91 Å². The van der Waals surface area contributed by atoms with Gasteiger partial charge in [-0.3, -0.25) is 4.79 Å². The summed E-state index contributed by atoms with van der Waals surface area (Å²) in [6.45, 7) is 5.65. The third kappa shape index (κ3) is 4.25. The third-order valence-electron chi connectivity index (χ3n) is 3.48. The molecule has 1 aromatic rings. The largest absolute Gasteiger partial charge is 0.465 e. The fourth-order valence-corrected chi connectivity index (χ4v) is 1.63. The van der Waals surface area contributed by atoms with Crippen molar-refractivity contribution in [2.24, 2.45) is 5.92 Å². The molecule has 1 rings (SSSR count). The Morgan fingerprint density at radius 2 is 2.40 bits per heavy atom. The van der Waals surface area contributed by atoms with Gasteiger partial charge in [-0.25, -0.2) is 0 Å². The summed E-state index contributed by atoms with van der Waals surface area (Å²) in [5, 5.41) is 21.8. The van der Waals surface area contributed by atoms with E-state index in [4.69, 9.17) is 9.68 Å². The summed E-state index contributed by atoms with van der Waals surface area (Å²) in [4.78, 5) is 11.9. The number of nitrogens with zero attached hydrogens (tertiary/aromatic N) is 1. The first kappa shape index (κ1) is 16.0. The summed E-state index contributed by atoms with van der Waals surface area (Å²) < 4.78 is 5.06. The summed E-state index contributed by atoms with van der Waals surface area (Å²) >= 11 is 0. The van der Waals surface area contributed by atoms with E-state index in [-0.39, 0.29) is 18.0 Å². The van der Waals surface area contributed by atoms with Gasteiger partial charge in [-0.05, 0) is 25.0 Å². The molecule has 0 aliphatic rings. The normalized spacial score (nSPS) is 16.1. The molecule has 2 atom stereocenters. The van der Waals surface area contributed by atoms with Crippen LogP contribution in [0.1, 0.15) is 33.0 Å². The molecule has 0 fully saturated rings. The van der Waals surface area contributed by atoms with Gasteiger partial charge in [-0.1, -0.05) is 20.3 Å². The van der Waals surface area contributed by atoms with E-state index in [1.165, 1.54) is 12.3 Å². The molecular weight excluding hydrogens is 256 g/mol. The fraction of sp³-hybridized carbons (Fsp3) is 0.467. The van der Waals surface area contributed by atoms with Gasteiger partial charge >= 0.3 is 0 Å². The van der Waals surface area contributed by atoms with Crippen molar-refractivity contribution in [3.63, 3.8) is 0 Å². The Morgan fingerprint density at radius 3 is 2.90 bits per heavy atom. The average molecular weight is 276 g/mol. The van der Waals surface area contributed by atoms with Gasteiger partial charge in [0.15, 0.2) is 0 Å². The van der Waals surface area contributed by atoms with E-state index in [0.29, 0.717) is 5.76 Å². The Bertz CT molecular complexity index is 510. The first-order valence-electron chi connectivity index (χ1n) is 6.56. The van der Waals surface area contributed by atoms with Crippen molar-refractivity contribution in [3.05, 3.63) is 29.7 Å². The second-order valence-corrected chi connectivity index (χ2v) is 5.03. The number of nitrogens with one attached hydrogen (secondary N) is 1. The zero-order valence-electron chi connectivity index (χ0n) is 12.0. The molecule has 1 amide bonds. The molecule has 1 aromatic heterocycles. The third-order valence-corrected chi connectivity index (χ3v) is 3.48. The number of aliphatic hydroxyl groups is 1. The van der Waals surface area contributed by atoms with Gasteiger partial charge < -0.3 is 14.8 Å². The van der Waals surface area contributed by atoms with E-state index >= 15 is 0 Å². The van der Waals surface area contributed by atoms with Gasteiger partial charge in [-0.15, -0.1) is 0 Å². The van der Waals surface area contributed by atoms with Crippen LogP contribution in [-0.2, 0) is 4.79 Å². The summed E-state index contributed by atoms with van der Waals surface area (Å²) in [5.41, 5.74) is -1.06. The molecule has 0 bridgehead atoms. The molecule has 2 unspecified atom stereocenters. The maximum Gasteiger partial charge on any atom is 0.262 e. The van der Waals surface area contributed by atoms with Crippen molar-refractivity contribution < 1.29 is 14.3 Å². The van der Waals surface area contributed by atoms with Crippen LogP contribution < -0.4 is 5.32 Å². The molecular formula is C15H20N2O3. The lowest BCUT2D eigenvalue weighted by atomic mass is 9.88. The second-order valence-electron chi connectivity index (χ2n) is 5.03. The molecule has 20 heavy (non-hydrogen) atoms. The highest BCUT2D eigenvalue weighted by Gasteiger charge is 2.27. The lowest BCUT2D eigenvalue weighted by Crippen LogP contribution is -2.45. The molecule has 0 saturated heterocycles. The minimum absolute atomic E-state index is 0.0439. The maximum absolute atomic E-state index is 11.9. The Kier molecular flexibility index (Phi) is 5.53. The highest BCUT2D eigenvalue weighted by atomic mass is 16.3. The number of hydrogen-bond acceptors (Lipinski definition) is 4. The Labute approximate surface area is 118 Å². The van der Waals surface area contributed by atoms with Crippen LogP contribution in [0.2, 0.25) is 0 Å². The lowest BCUT2D eigenvalue weighted by Gasteiger charge is -2.29. The number of nitriles is 1. The number of hydrogen-bond donors (Lipinski definition) is 2. The zero-order valence-corrected chi connectivity index (χ0v) is 12.0. The van der Waals surface area contributed by atoms with E-state index in [9.17, 15) is 9.90 Å². The zero-order chi connectivity index (χ0) is 15.2. The highest BCUT2D eigenvalue weighted by molar-refractivity contribution is 6.01. The van der Waals surface area contributed by atoms with Crippen molar-refractivity contribution in [3.8, 4) is 6.07 Å². The van der Waals surface area contributed by atoms with Crippen LogP contribution in [0.25, 0.3) is 6.08 Å². The number of amides is 1. The summed E-state index contributed by atoms with van der Waals surface area (Å²) in [5.74, 6) is -0.0414. The van der Waals surface area contributed by atoms with Crippen molar-refractivity contribution >= 4 is 12.0 Å². The SMILES string of the molecule is CCC(C)C(C)(O)CNC(=O)/C(C#N)=C\c1ccco1. The molecule has 0 radical (unpaired) electrons. The molecule has 5 heteroatoms. The first-order chi connectivity index (χ1) is 9.40.